The first-order valence-corrected chi connectivity index (χ1v) is 6.98. The fraction of sp³-hybridized carbons (Fsp3) is 0.308. The van der Waals surface area contributed by atoms with Gasteiger partial charge in [0.05, 0.1) is 18.4 Å². The summed E-state index contributed by atoms with van der Waals surface area (Å²) in [6, 6.07) is 3.54. The van der Waals surface area contributed by atoms with Crippen LogP contribution in [-0.2, 0) is 4.79 Å². The zero-order valence-corrected chi connectivity index (χ0v) is 13.7. The number of halogens is 2. The first kappa shape index (κ1) is 18.5. The molecular formula is C13H14Cl2N2O4S. The lowest BCUT2D eigenvalue weighted by molar-refractivity contribution is -0.141. The molecule has 0 spiro atoms. The molecule has 1 saturated heterocycles. The van der Waals surface area contributed by atoms with Gasteiger partial charge in [-0.25, -0.2) is 4.98 Å². The molecule has 0 aliphatic carbocycles. The molecule has 0 bridgehead atoms. The van der Waals surface area contributed by atoms with Crippen LogP contribution in [0.25, 0.3) is 10.8 Å². The number of carboxylic acids is 1. The molecule has 0 aromatic carbocycles. The Kier molecular flexibility index (Phi) is 6.40. The highest BCUT2D eigenvalue weighted by molar-refractivity contribution is 7.16. The molecule has 1 fully saturated rings. The number of hydrogen-bond donors (Lipinski definition) is 1. The van der Waals surface area contributed by atoms with E-state index in [4.69, 9.17) is 9.52 Å². The molecule has 0 saturated carbocycles. The molecule has 2 aromatic rings. The Morgan fingerprint density at radius 2 is 2.18 bits per heavy atom. The minimum Gasteiger partial charge on any atom is -0.481 e. The number of aromatic nitrogens is 1. The van der Waals surface area contributed by atoms with E-state index in [2.05, 4.69) is 4.98 Å². The van der Waals surface area contributed by atoms with Gasteiger partial charge in [-0.2, -0.15) is 0 Å². The quantitative estimate of drug-likeness (QED) is 0.904. The second-order valence-electron chi connectivity index (χ2n) is 4.58. The molecular weight excluding hydrogens is 351 g/mol. The molecule has 22 heavy (non-hydrogen) atoms. The van der Waals surface area contributed by atoms with Crippen molar-refractivity contribution in [2.24, 2.45) is 5.92 Å². The van der Waals surface area contributed by atoms with E-state index in [-0.39, 0.29) is 37.3 Å². The number of aliphatic carboxylic acids is 1. The van der Waals surface area contributed by atoms with Crippen LogP contribution in [0.5, 0.6) is 0 Å². The smallest absolute Gasteiger partial charge is 0.308 e. The summed E-state index contributed by atoms with van der Waals surface area (Å²) in [5.74, 6) is -0.847. The van der Waals surface area contributed by atoms with Crippen LogP contribution in [0.3, 0.4) is 0 Å². The number of amides is 1. The van der Waals surface area contributed by atoms with E-state index in [0.29, 0.717) is 28.6 Å². The summed E-state index contributed by atoms with van der Waals surface area (Å²) in [6.45, 7) is 0.742. The summed E-state index contributed by atoms with van der Waals surface area (Å²) < 4.78 is 5.23. The summed E-state index contributed by atoms with van der Waals surface area (Å²) in [5, 5.41) is 9.60. The molecule has 6 nitrogen and oxygen atoms in total. The van der Waals surface area contributed by atoms with Crippen molar-refractivity contribution in [3.63, 3.8) is 0 Å². The molecule has 1 N–H and O–H groups in total. The van der Waals surface area contributed by atoms with Crippen molar-refractivity contribution >= 4 is 48.0 Å². The largest absolute Gasteiger partial charge is 0.481 e. The van der Waals surface area contributed by atoms with E-state index >= 15 is 0 Å². The lowest BCUT2D eigenvalue weighted by Gasteiger charge is -2.13. The fourth-order valence-corrected chi connectivity index (χ4v) is 3.04. The van der Waals surface area contributed by atoms with Gasteiger partial charge >= 0.3 is 5.97 Å². The van der Waals surface area contributed by atoms with Crippen molar-refractivity contribution in [1.29, 1.82) is 0 Å². The van der Waals surface area contributed by atoms with Gasteiger partial charge in [0.2, 0.25) is 0 Å². The summed E-state index contributed by atoms with van der Waals surface area (Å²) in [4.78, 5) is 29.4. The van der Waals surface area contributed by atoms with Gasteiger partial charge in [-0.3, -0.25) is 9.59 Å². The Bertz CT molecular complexity index is 644. The highest BCUT2D eigenvalue weighted by Crippen LogP contribution is 2.27. The van der Waals surface area contributed by atoms with Gasteiger partial charge < -0.3 is 14.4 Å². The van der Waals surface area contributed by atoms with Crippen LogP contribution < -0.4 is 0 Å². The Morgan fingerprint density at radius 3 is 2.77 bits per heavy atom. The lowest BCUT2D eigenvalue weighted by atomic mass is 10.1. The maximum absolute atomic E-state index is 12.3. The molecule has 9 heteroatoms. The normalized spacial score (nSPS) is 16.7. The van der Waals surface area contributed by atoms with Crippen LogP contribution in [0.15, 0.2) is 29.0 Å². The highest BCUT2D eigenvalue weighted by atomic mass is 35.5. The lowest BCUT2D eigenvalue weighted by Crippen LogP contribution is -2.29. The Labute approximate surface area is 143 Å². The predicted molar refractivity (Wildman–Crippen MR) is 86.0 cm³/mol. The van der Waals surface area contributed by atoms with Crippen LogP contribution in [0.1, 0.15) is 16.1 Å². The molecule has 1 aliphatic rings. The Morgan fingerprint density at radius 1 is 1.41 bits per heavy atom. The maximum atomic E-state index is 12.3. The zero-order chi connectivity index (χ0) is 14.1. The van der Waals surface area contributed by atoms with Crippen molar-refractivity contribution in [3.8, 4) is 10.8 Å². The monoisotopic (exact) mass is 364 g/mol. The molecule has 1 atom stereocenters. The summed E-state index contributed by atoms with van der Waals surface area (Å²) in [5.41, 5.74) is 0. The minimum atomic E-state index is -0.846. The third-order valence-corrected chi connectivity index (χ3v) is 4.27. The third-order valence-electron chi connectivity index (χ3n) is 3.27. The first-order chi connectivity index (χ1) is 9.65. The van der Waals surface area contributed by atoms with Crippen LogP contribution >= 0.6 is 36.2 Å². The average Bonchev–Trinajstić information content (AvgIpc) is 3.17. The van der Waals surface area contributed by atoms with E-state index in [1.165, 1.54) is 17.5 Å². The van der Waals surface area contributed by atoms with Crippen molar-refractivity contribution in [2.75, 3.05) is 13.1 Å². The Balaban J connectivity index is 0.00000121. The molecule has 120 valence electrons. The van der Waals surface area contributed by atoms with E-state index in [1.54, 1.807) is 23.3 Å². The summed E-state index contributed by atoms with van der Waals surface area (Å²) in [7, 11) is 0. The average molecular weight is 365 g/mol. The maximum Gasteiger partial charge on any atom is 0.308 e. The zero-order valence-electron chi connectivity index (χ0n) is 11.3. The van der Waals surface area contributed by atoms with Crippen molar-refractivity contribution in [1.82, 2.24) is 9.88 Å². The summed E-state index contributed by atoms with van der Waals surface area (Å²) >= 11 is 1.25. The molecule has 3 heterocycles. The van der Waals surface area contributed by atoms with E-state index in [9.17, 15) is 9.59 Å². The number of carbonyl (C=O) groups excluding carboxylic acids is 1. The van der Waals surface area contributed by atoms with Gasteiger partial charge in [-0.15, -0.1) is 36.2 Å². The number of furan rings is 1. The fourth-order valence-electron chi connectivity index (χ4n) is 2.19. The molecule has 1 unspecified atom stereocenters. The molecule has 2 aromatic heterocycles. The van der Waals surface area contributed by atoms with E-state index in [0.717, 1.165) is 0 Å². The molecule has 0 radical (unpaired) electrons. The van der Waals surface area contributed by atoms with Crippen molar-refractivity contribution in [3.05, 3.63) is 29.5 Å². The number of likely N-dealkylation sites (tertiary alicyclic amines) is 1. The number of hydrogen-bond acceptors (Lipinski definition) is 5. The molecule has 3 rings (SSSR count). The number of carbonyl (C=O) groups is 2. The van der Waals surface area contributed by atoms with Gasteiger partial charge in [-0.1, -0.05) is 0 Å². The van der Waals surface area contributed by atoms with Crippen LogP contribution in [0.4, 0.5) is 0 Å². The Hall–Kier alpha value is -1.57. The number of nitrogens with zero attached hydrogens (tertiary/aromatic N) is 2. The van der Waals surface area contributed by atoms with Gasteiger partial charge in [0, 0.05) is 13.1 Å². The van der Waals surface area contributed by atoms with Gasteiger partial charge in [0.25, 0.3) is 5.91 Å². The molecule has 1 aliphatic heterocycles. The van der Waals surface area contributed by atoms with E-state index in [1.807, 2.05) is 0 Å². The van der Waals surface area contributed by atoms with E-state index < -0.39 is 11.9 Å². The third kappa shape index (κ3) is 3.60. The standard InChI is InChI=1S/C13H12N2O4S.2ClH/c16-12(15-4-3-8(7-15)13(17)18)10-6-14-11(20-10)9-2-1-5-19-9;;/h1-2,5-6,8H,3-4,7H2,(H,17,18);2*1H. The van der Waals surface area contributed by atoms with Crippen molar-refractivity contribution in [2.45, 2.75) is 6.42 Å². The minimum absolute atomic E-state index is 0. The molecule has 1 amide bonds. The van der Waals surface area contributed by atoms with Gasteiger partial charge in [-0.05, 0) is 18.6 Å². The summed E-state index contributed by atoms with van der Waals surface area (Å²) in [6.07, 6.45) is 3.57. The van der Waals surface area contributed by atoms with Crippen LogP contribution in [0, 0.1) is 5.92 Å². The second kappa shape index (κ2) is 7.62. The SMILES string of the molecule is Cl.Cl.O=C(O)C1CCN(C(=O)c2cnc(-c3ccco3)s2)C1. The highest BCUT2D eigenvalue weighted by Gasteiger charge is 2.32. The predicted octanol–water partition coefficient (Wildman–Crippen LogP) is 2.79. The number of carboxylic acid groups (broad SMARTS) is 1. The van der Waals surface area contributed by atoms with Gasteiger partial charge in [0.1, 0.15) is 4.88 Å². The second-order valence-corrected chi connectivity index (χ2v) is 5.61. The van der Waals surface area contributed by atoms with Crippen LogP contribution in [0.2, 0.25) is 0 Å². The van der Waals surface area contributed by atoms with Crippen LogP contribution in [-0.4, -0.2) is 40.0 Å². The topological polar surface area (TPSA) is 83.6 Å². The number of thiazole rings is 1. The number of rotatable bonds is 3. The first-order valence-electron chi connectivity index (χ1n) is 6.17. The van der Waals surface area contributed by atoms with Crippen molar-refractivity contribution < 1.29 is 19.1 Å². The van der Waals surface area contributed by atoms with Gasteiger partial charge in [0.15, 0.2) is 10.8 Å².